The Morgan fingerprint density at radius 1 is 1.33 bits per heavy atom. The summed E-state index contributed by atoms with van der Waals surface area (Å²) in [5, 5.41) is 0.736. The molecule has 0 aliphatic carbocycles. The lowest BCUT2D eigenvalue weighted by Crippen LogP contribution is -1.85. The second kappa shape index (κ2) is 4.33. The Hall–Kier alpha value is -0.740. The monoisotopic (exact) mass is 222 g/mol. The van der Waals surface area contributed by atoms with Crippen LogP contribution in [0.25, 0.3) is 0 Å². The zero-order valence-corrected chi connectivity index (χ0v) is 8.90. The van der Waals surface area contributed by atoms with Crippen LogP contribution < -0.4 is 0 Å². The number of hydrogen-bond acceptors (Lipinski definition) is 0. The molecule has 1 rings (SSSR count). The van der Waals surface area contributed by atoms with Gasteiger partial charge in [-0.2, -0.15) is 0 Å². The van der Waals surface area contributed by atoms with Crippen molar-refractivity contribution < 1.29 is 0 Å². The summed E-state index contributed by atoms with van der Waals surface area (Å²) in [5.74, 6) is 6.11. The Balaban J connectivity index is 3.08. The van der Waals surface area contributed by atoms with E-state index in [2.05, 4.69) is 53.8 Å². The maximum absolute atomic E-state index is 3.28. The van der Waals surface area contributed by atoms with E-state index in [0.717, 1.165) is 10.9 Å². The third kappa shape index (κ3) is 2.12. The molecule has 0 saturated heterocycles. The fourth-order valence-corrected chi connectivity index (χ4v) is 1.16. The molecule has 0 unspecified atom stereocenters. The third-order valence-corrected chi connectivity index (χ3v) is 2.17. The summed E-state index contributed by atoms with van der Waals surface area (Å²) in [6.45, 7) is 4.21. The van der Waals surface area contributed by atoms with Crippen molar-refractivity contribution in [3.63, 3.8) is 0 Å². The molecule has 0 aliphatic rings. The molecular weight excluding hydrogens is 212 g/mol. The predicted octanol–water partition coefficient (Wildman–Crippen LogP) is 3.05. The van der Waals surface area contributed by atoms with E-state index in [4.69, 9.17) is 0 Å². The average molecular weight is 223 g/mol. The van der Waals surface area contributed by atoms with Crippen LogP contribution in [0.2, 0.25) is 0 Å². The molecule has 12 heavy (non-hydrogen) atoms. The van der Waals surface area contributed by atoms with Crippen LogP contribution in [-0.2, 0) is 0 Å². The summed E-state index contributed by atoms with van der Waals surface area (Å²) in [6.07, 6.45) is 0. The Morgan fingerprint density at radius 2 is 2.08 bits per heavy atom. The summed E-state index contributed by atoms with van der Waals surface area (Å²) in [4.78, 5) is 0. The van der Waals surface area contributed by atoms with Gasteiger partial charge < -0.3 is 0 Å². The zero-order chi connectivity index (χ0) is 8.97. The molecule has 0 saturated carbocycles. The van der Waals surface area contributed by atoms with Crippen LogP contribution in [0.3, 0.4) is 0 Å². The molecule has 0 radical (unpaired) electrons. The van der Waals surface area contributed by atoms with Gasteiger partial charge in [0.1, 0.15) is 0 Å². The summed E-state index contributed by atoms with van der Waals surface area (Å²) in [5.41, 5.74) is 3.72. The van der Waals surface area contributed by atoms with Crippen LogP contribution >= 0.6 is 15.9 Å². The minimum absolute atomic E-state index is 0.736. The van der Waals surface area contributed by atoms with Crippen LogP contribution in [0.1, 0.15) is 16.7 Å². The van der Waals surface area contributed by atoms with Crippen LogP contribution in [0.5, 0.6) is 0 Å². The molecule has 1 heteroatoms. The summed E-state index contributed by atoms with van der Waals surface area (Å²) >= 11 is 3.28. The first kappa shape index (κ1) is 9.35. The number of alkyl halides is 1. The van der Waals surface area contributed by atoms with Gasteiger partial charge in [0, 0.05) is 5.56 Å². The molecule has 0 amide bonds. The van der Waals surface area contributed by atoms with Gasteiger partial charge >= 0.3 is 0 Å². The van der Waals surface area contributed by atoms with Crippen molar-refractivity contribution in [3.05, 3.63) is 34.9 Å². The molecule has 62 valence electrons. The van der Waals surface area contributed by atoms with Crippen LogP contribution in [-0.4, -0.2) is 5.33 Å². The van der Waals surface area contributed by atoms with Gasteiger partial charge in [0.2, 0.25) is 0 Å². The summed E-state index contributed by atoms with van der Waals surface area (Å²) in [6, 6.07) is 6.20. The number of benzene rings is 1. The first-order chi connectivity index (χ1) is 5.75. The second-order valence-electron chi connectivity index (χ2n) is 2.68. The largest absolute Gasteiger partial charge is 0.0863 e. The first-order valence-corrected chi connectivity index (χ1v) is 4.99. The molecule has 0 nitrogen and oxygen atoms in total. The summed E-state index contributed by atoms with van der Waals surface area (Å²) in [7, 11) is 0. The van der Waals surface area contributed by atoms with E-state index in [0.29, 0.717) is 0 Å². The van der Waals surface area contributed by atoms with Gasteiger partial charge in [-0.1, -0.05) is 39.9 Å². The van der Waals surface area contributed by atoms with Gasteiger partial charge in [0.15, 0.2) is 0 Å². The highest BCUT2D eigenvalue weighted by Crippen LogP contribution is 2.10. The second-order valence-corrected chi connectivity index (χ2v) is 3.24. The molecule has 0 fully saturated rings. The quantitative estimate of drug-likeness (QED) is 0.468. The molecule has 0 spiro atoms. The van der Waals surface area contributed by atoms with E-state index in [9.17, 15) is 0 Å². The van der Waals surface area contributed by atoms with E-state index in [-0.39, 0.29) is 0 Å². The molecule has 0 heterocycles. The highest BCUT2D eigenvalue weighted by atomic mass is 79.9. The Kier molecular flexibility index (Phi) is 3.37. The lowest BCUT2D eigenvalue weighted by molar-refractivity contribution is 1.32. The van der Waals surface area contributed by atoms with Gasteiger partial charge in [0.05, 0.1) is 5.33 Å². The minimum atomic E-state index is 0.736. The number of rotatable bonds is 0. The van der Waals surface area contributed by atoms with Crippen LogP contribution in [0, 0.1) is 25.7 Å². The van der Waals surface area contributed by atoms with E-state index in [1.165, 1.54) is 11.1 Å². The molecule has 0 atom stereocenters. The van der Waals surface area contributed by atoms with Gasteiger partial charge in [-0.25, -0.2) is 0 Å². The van der Waals surface area contributed by atoms with Crippen molar-refractivity contribution in [1.29, 1.82) is 0 Å². The average Bonchev–Trinajstić information content (AvgIpc) is 2.08. The number of hydrogen-bond donors (Lipinski definition) is 0. The Labute approximate surface area is 82.1 Å². The van der Waals surface area contributed by atoms with Crippen LogP contribution in [0.4, 0.5) is 0 Å². The fourth-order valence-electron chi connectivity index (χ4n) is 1.02. The molecule has 0 aliphatic heterocycles. The smallest absolute Gasteiger partial charge is 0.0649 e. The topological polar surface area (TPSA) is 0 Å². The van der Waals surface area contributed by atoms with Gasteiger partial charge in [-0.15, -0.1) is 0 Å². The number of halogens is 1. The molecule has 0 bridgehead atoms. The van der Waals surface area contributed by atoms with Crippen molar-refractivity contribution in [3.8, 4) is 11.8 Å². The third-order valence-electron chi connectivity index (χ3n) is 1.89. The van der Waals surface area contributed by atoms with Crippen molar-refractivity contribution in [1.82, 2.24) is 0 Å². The van der Waals surface area contributed by atoms with Crippen molar-refractivity contribution in [2.75, 3.05) is 5.33 Å². The fraction of sp³-hybridized carbons (Fsp3) is 0.273. The predicted molar refractivity (Wildman–Crippen MR) is 56.6 cm³/mol. The molecule has 1 aromatic carbocycles. The molecule has 1 aromatic rings. The SMILES string of the molecule is Cc1cccc(C#CCBr)c1C. The van der Waals surface area contributed by atoms with Crippen molar-refractivity contribution in [2.45, 2.75) is 13.8 Å². The van der Waals surface area contributed by atoms with Gasteiger partial charge in [-0.05, 0) is 31.0 Å². The lowest BCUT2D eigenvalue weighted by atomic mass is 10.0. The molecule has 0 N–H and O–H groups in total. The van der Waals surface area contributed by atoms with E-state index >= 15 is 0 Å². The summed E-state index contributed by atoms with van der Waals surface area (Å²) < 4.78 is 0. The standard InChI is InChI=1S/C11H11Br/c1-9-5-3-6-11(10(9)2)7-4-8-12/h3,5-6H,8H2,1-2H3. The number of aryl methyl sites for hydroxylation is 1. The highest BCUT2D eigenvalue weighted by Gasteiger charge is 1.95. The minimum Gasteiger partial charge on any atom is -0.0863 e. The molecular formula is C11H11Br. The normalized spacial score (nSPS) is 8.92. The van der Waals surface area contributed by atoms with E-state index in [1.807, 2.05) is 6.07 Å². The molecule has 0 aromatic heterocycles. The van der Waals surface area contributed by atoms with Crippen LogP contribution in [0.15, 0.2) is 18.2 Å². The highest BCUT2D eigenvalue weighted by molar-refractivity contribution is 9.09. The lowest BCUT2D eigenvalue weighted by Gasteiger charge is -2.00. The van der Waals surface area contributed by atoms with E-state index < -0.39 is 0 Å². The van der Waals surface area contributed by atoms with Crippen molar-refractivity contribution >= 4 is 15.9 Å². The van der Waals surface area contributed by atoms with Gasteiger partial charge in [0.25, 0.3) is 0 Å². The van der Waals surface area contributed by atoms with E-state index in [1.54, 1.807) is 0 Å². The van der Waals surface area contributed by atoms with Gasteiger partial charge in [-0.3, -0.25) is 0 Å². The maximum atomic E-state index is 3.28. The zero-order valence-electron chi connectivity index (χ0n) is 7.32. The van der Waals surface area contributed by atoms with Crippen molar-refractivity contribution in [2.24, 2.45) is 0 Å². The Bertz CT molecular complexity index is 329. The first-order valence-electron chi connectivity index (χ1n) is 3.86. The maximum Gasteiger partial charge on any atom is 0.0649 e. The Morgan fingerprint density at radius 3 is 2.75 bits per heavy atom.